The molecule has 0 spiro atoms. The fourth-order valence-electron chi connectivity index (χ4n) is 3.02. The zero-order valence-corrected chi connectivity index (χ0v) is 14.1. The molecule has 0 amide bonds. The lowest BCUT2D eigenvalue weighted by Crippen LogP contribution is -2.02. The van der Waals surface area contributed by atoms with E-state index in [9.17, 15) is 5.11 Å². The van der Waals surface area contributed by atoms with Crippen molar-refractivity contribution in [3.8, 4) is 5.75 Å². The standard InChI is InChI=1S/C20H22N2O/c1-12-7-13(2)9-17(8-12)21-11-16-5-6-18-14(3)10-15(4)20(23)19(18)22-16/h5-10,21,23H,11H2,1-4H3. The second kappa shape index (κ2) is 5.92. The van der Waals surface area contributed by atoms with Crippen LogP contribution in [0.1, 0.15) is 27.9 Å². The highest BCUT2D eigenvalue weighted by molar-refractivity contribution is 5.88. The van der Waals surface area contributed by atoms with Crippen molar-refractivity contribution in [1.29, 1.82) is 0 Å². The second-order valence-electron chi connectivity index (χ2n) is 6.29. The van der Waals surface area contributed by atoms with E-state index in [1.54, 1.807) is 0 Å². The van der Waals surface area contributed by atoms with E-state index in [-0.39, 0.29) is 5.75 Å². The molecule has 3 aromatic rings. The average molecular weight is 306 g/mol. The maximum absolute atomic E-state index is 10.3. The molecule has 0 aliphatic carbocycles. The zero-order chi connectivity index (χ0) is 16.6. The molecule has 1 heterocycles. The molecule has 0 radical (unpaired) electrons. The number of anilines is 1. The van der Waals surface area contributed by atoms with Crippen LogP contribution in [0.4, 0.5) is 5.69 Å². The molecule has 2 aromatic carbocycles. The Bertz CT molecular complexity index is 864. The Labute approximate surface area is 137 Å². The molecule has 0 bridgehead atoms. The molecule has 23 heavy (non-hydrogen) atoms. The van der Waals surface area contributed by atoms with Crippen LogP contribution < -0.4 is 5.32 Å². The molecular formula is C20H22N2O. The number of fused-ring (bicyclic) bond motifs is 1. The van der Waals surface area contributed by atoms with Crippen LogP contribution in [0.25, 0.3) is 10.9 Å². The number of aromatic hydroxyl groups is 1. The van der Waals surface area contributed by atoms with E-state index >= 15 is 0 Å². The summed E-state index contributed by atoms with van der Waals surface area (Å²) in [6.45, 7) is 8.77. The first kappa shape index (κ1) is 15.3. The quantitative estimate of drug-likeness (QED) is 0.731. The summed E-state index contributed by atoms with van der Waals surface area (Å²) < 4.78 is 0. The molecule has 118 valence electrons. The summed E-state index contributed by atoms with van der Waals surface area (Å²) in [4.78, 5) is 4.64. The number of nitrogens with zero attached hydrogens (tertiary/aromatic N) is 1. The van der Waals surface area contributed by atoms with Gasteiger partial charge in [-0.25, -0.2) is 4.98 Å². The molecule has 3 heteroatoms. The first-order valence-corrected chi connectivity index (χ1v) is 7.85. The molecule has 2 N–H and O–H groups in total. The molecule has 3 rings (SSSR count). The number of hydrogen-bond acceptors (Lipinski definition) is 3. The summed E-state index contributed by atoms with van der Waals surface area (Å²) in [7, 11) is 0. The van der Waals surface area contributed by atoms with Gasteiger partial charge in [0.25, 0.3) is 0 Å². The van der Waals surface area contributed by atoms with Gasteiger partial charge < -0.3 is 10.4 Å². The monoisotopic (exact) mass is 306 g/mol. The van der Waals surface area contributed by atoms with Crippen molar-refractivity contribution in [2.75, 3.05) is 5.32 Å². The Hall–Kier alpha value is -2.55. The van der Waals surface area contributed by atoms with E-state index in [4.69, 9.17) is 0 Å². The number of benzene rings is 2. The van der Waals surface area contributed by atoms with Crippen LogP contribution >= 0.6 is 0 Å². The predicted octanol–water partition coefficient (Wildman–Crippen LogP) is 4.79. The van der Waals surface area contributed by atoms with E-state index in [2.05, 4.69) is 42.3 Å². The van der Waals surface area contributed by atoms with Gasteiger partial charge in [0.2, 0.25) is 0 Å². The van der Waals surface area contributed by atoms with Gasteiger partial charge in [0, 0.05) is 11.1 Å². The number of aryl methyl sites for hydroxylation is 4. The third kappa shape index (κ3) is 3.14. The lowest BCUT2D eigenvalue weighted by atomic mass is 10.0. The van der Waals surface area contributed by atoms with Crippen molar-refractivity contribution in [2.24, 2.45) is 0 Å². The first-order chi connectivity index (χ1) is 10.9. The van der Waals surface area contributed by atoms with Crippen molar-refractivity contribution in [3.05, 3.63) is 64.3 Å². The molecule has 3 nitrogen and oxygen atoms in total. The Morgan fingerprint density at radius 2 is 1.61 bits per heavy atom. The zero-order valence-electron chi connectivity index (χ0n) is 14.1. The molecule has 0 atom stereocenters. The van der Waals surface area contributed by atoms with E-state index in [1.807, 2.05) is 32.0 Å². The Balaban J connectivity index is 1.90. The van der Waals surface area contributed by atoms with Crippen LogP contribution in [0.3, 0.4) is 0 Å². The van der Waals surface area contributed by atoms with E-state index in [0.29, 0.717) is 12.1 Å². The summed E-state index contributed by atoms with van der Waals surface area (Å²) >= 11 is 0. The fraction of sp³-hybridized carbons (Fsp3) is 0.250. The summed E-state index contributed by atoms with van der Waals surface area (Å²) in [6.07, 6.45) is 0. The van der Waals surface area contributed by atoms with E-state index in [0.717, 1.165) is 27.9 Å². The van der Waals surface area contributed by atoms with Gasteiger partial charge in [-0.05, 0) is 68.1 Å². The van der Waals surface area contributed by atoms with Gasteiger partial charge in [0.15, 0.2) is 0 Å². The Kier molecular flexibility index (Phi) is 3.95. The number of hydrogen-bond donors (Lipinski definition) is 2. The molecule has 1 aromatic heterocycles. The number of aromatic nitrogens is 1. The van der Waals surface area contributed by atoms with Gasteiger partial charge in [-0.1, -0.05) is 18.2 Å². The minimum absolute atomic E-state index is 0.277. The van der Waals surface area contributed by atoms with Crippen LogP contribution in [-0.4, -0.2) is 10.1 Å². The number of pyridine rings is 1. The maximum atomic E-state index is 10.3. The van der Waals surface area contributed by atoms with Crippen molar-refractivity contribution in [3.63, 3.8) is 0 Å². The van der Waals surface area contributed by atoms with Crippen LogP contribution in [0, 0.1) is 27.7 Å². The van der Waals surface area contributed by atoms with Crippen LogP contribution in [-0.2, 0) is 6.54 Å². The number of phenols is 1. The summed E-state index contributed by atoms with van der Waals surface area (Å²) in [5.41, 5.74) is 7.16. The van der Waals surface area contributed by atoms with Crippen molar-refractivity contribution < 1.29 is 5.11 Å². The van der Waals surface area contributed by atoms with Crippen LogP contribution in [0.5, 0.6) is 5.75 Å². The van der Waals surface area contributed by atoms with Gasteiger partial charge >= 0.3 is 0 Å². The molecule has 0 fully saturated rings. The van der Waals surface area contributed by atoms with Crippen LogP contribution in [0.2, 0.25) is 0 Å². The van der Waals surface area contributed by atoms with Crippen molar-refractivity contribution in [2.45, 2.75) is 34.2 Å². The molecular weight excluding hydrogens is 284 g/mol. The highest BCUT2D eigenvalue weighted by Gasteiger charge is 2.09. The third-order valence-electron chi connectivity index (χ3n) is 4.10. The lowest BCUT2D eigenvalue weighted by molar-refractivity contribution is 0.476. The normalized spacial score (nSPS) is 11.0. The molecule has 0 aliphatic rings. The molecule has 0 saturated heterocycles. The number of phenolic OH excluding ortho intramolecular Hbond substituents is 1. The van der Waals surface area contributed by atoms with E-state index in [1.165, 1.54) is 11.1 Å². The topological polar surface area (TPSA) is 45.1 Å². The van der Waals surface area contributed by atoms with Crippen molar-refractivity contribution in [1.82, 2.24) is 4.98 Å². The van der Waals surface area contributed by atoms with Gasteiger partial charge in [-0.15, -0.1) is 0 Å². The SMILES string of the molecule is Cc1cc(C)cc(NCc2ccc3c(C)cc(C)c(O)c3n2)c1. The van der Waals surface area contributed by atoms with Crippen molar-refractivity contribution >= 4 is 16.6 Å². The molecule has 0 saturated carbocycles. The predicted molar refractivity (Wildman–Crippen MR) is 96.1 cm³/mol. The summed E-state index contributed by atoms with van der Waals surface area (Å²) in [5.74, 6) is 0.277. The molecule has 0 unspecified atom stereocenters. The number of nitrogens with one attached hydrogen (secondary N) is 1. The highest BCUT2D eigenvalue weighted by Crippen LogP contribution is 2.29. The maximum Gasteiger partial charge on any atom is 0.144 e. The highest BCUT2D eigenvalue weighted by atomic mass is 16.3. The average Bonchev–Trinajstić information content (AvgIpc) is 2.49. The summed E-state index contributed by atoms with van der Waals surface area (Å²) in [6, 6.07) is 12.4. The van der Waals surface area contributed by atoms with E-state index < -0.39 is 0 Å². The second-order valence-corrected chi connectivity index (χ2v) is 6.29. The Morgan fingerprint density at radius 1 is 0.913 bits per heavy atom. The van der Waals surface area contributed by atoms with Gasteiger partial charge in [-0.3, -0.25) is 0 Å². The summed E-state index contributed by atoms with van der Waals surface area (Å²) in [5, 5.41) is 14.7. The largest absolute Gasteiger partial charge is 0.505 e. The van der Waals surface area contributed by atoms with Crippen LogP contribution in [0.15, 0.2) is 36.4 Å². The fourth-order valence-corrected chi connectivity index (χ4v) is 3.02. The minimum atomic E-state index is 0.277. The van der Waals surface area contributed by atoms with Gasteiger partial charge in [0.1, 0.15) is 11.3 Å². The molecule has 0 aliphatic heterocycles. The number of rotatable bonds is 3. The lowest BCUT2D eigenvalue weighted by Gasteiger charge is -2.11. The third-order valence-corrected chi connectivity index (χ3v) is 4.10. The van der Waals surface area contributed by atoms with Gasteiger partial charge in [0.05, 0.1) is 12.2 Å². The minimum Gasteiger partial charge on any atom is -0.505 e. The first-order valence-electron chi connectivity index (χ1n) is 7.85. The smallest absolute Gasteiger partial charge is 0.144 e. The Morgan fingerprint density at radius 3 is 2.30 bits per heavy atom. The van der Waals surface area contributed by atoms with Gasteiger partial charge in [-0.2, -0.15) is 0 Å².